The summed E-state index contributed by atoms with van der Waals surface area (Å²) in [4.78, 5) is 16.6. The summed E-state index contributed by atoms with van der Waals surface area (Å²) in [6, 6.07) is 5.71. The topological polar surface area (TPSA) is 74.6 Å². The van der Waals surface area contributed by atoms with E-state index in [1.165, 1.54) is 0 Å². The van der Waals surface area contributed by atoms with Gasteiger partial charge in [0.15, 0.2) is 11.5 Å². The van der Waals surface area contributed by atoms with Gasteiger partial charge in [-0.15, -0.1) is 0 Å². The molecule has 1 aliphatic rings. The normalized spacial score (nSPS) is 14.7. The van der Waals surface area contributed by atoms with Crippen molar-refractivity contribution in [1.82, 2.24) is 14.9 Å². The fraction of sp³-hybridized carbons (Fsp3) is 0.364. The first-order chi connectivity index (χ1) is 14.1. The Morgan fingerprint density at radius 2 is 1.79 bits per heavy atom. The van der Waals surface area contributed by atoms with Crippen LogP contribution in [0.1, 0.15) is 12.8 Å². The summed E-state index contributed by atoms with van der Waals surface area (Å²) in [6.45, 7) is 1.87. The monoisotopic (exact) mass is 395 g/mol. The summed E-state index contributed by atoms with van der Waals surface area (Å²) in [5, 5.41) is 4.74. The van der Waals surface area contributed by atoms with Crippen LogP contribution in [0.15, 0.2) is 41.6 Å². The van der Waals surface area contributed by atoms with E-state index in [1.807, 2.05) is 24.4 Å². The van der Waals surface area contributed by atoms with E-state index in [0.29, 0.717) is 22.6 Å². The minimum atomic E-state index is -0.0818. The summed E-state index contributed by atoms with van der Waals surface area (Å²) in [7, 11) is 4.98. The van der Waals surface area contributed by atoms with E-state index in [9.17, 15) is 4.79 Å². The van der Waals surface area contributed by atoms with Crippen molar-refractivity contribution in [3.05, 3.63) is 47.1 Å². The van der Waals surface area contributed by atoms with E-state index < -0.39 is 0 Å². The van der Waals surface area contributed by atoms with E-state index in [4.69, 9.17) is 14.2 Å². The van der Waals surface area contributed by atoms with Gasteiger partial charge in [0.05, 0.1) is 19.6 Å². The third kappa shape index (κ3) is 3.65. The van der Waals surface area contributed by atoms with E-state index in [0.717, 1.165) is 42.4 Å². The first kappa shape index (κ1) is 19.3. The lowest BCUT2D eigenvalue weighted by atomic mass is 10.0. The smallest absolute Gasteiger partial charge is 0.259 e. The molecule has 0 bridgehead atoms. The largest absolute Gasteiger partial charge is 0.493 e. The molecule has 0 saturated carbocycles. The molecule has 2 aromatic heterocycles. The van der Waals surface area contributed by atoms with Crippen LogP contribution in [0.4, 0.5) is 0 Å². The number of hydrogen-bond acceptors (Lipinski definition) is 6. The van der Waals surface area contributed by atoms with Crippen LogP contribution in [0.25, 0.3) is 21.9 Å². The van der Waals surface area contributed by atoms with Gasteiger partial charge in [-0.1, -0.05) is 0 Å². The summed E-state index contributed by atoms with van der Waals surface area (Å²) >= 11 is 0. The molecule has 4 rings (SSSR count). The number of methoxy groups -OCH3 is 2. The molecule has 1 saturated heterocycles. The van der Waals surface area contributed by atoms with Gasteiger partial charge in [-0.3, -0.25) is 9.78 Å². The summed E-state index contributed by atoms with van der Waals surface area (Å²) in [5.74, 6) is 1.82. The van der Waals surface area contributed by atoms with Crippen molar-refractivity contribution in [1.29, 1.82) is 0 Å². The summed E-state index contributed by atoms with van der Waals surface area (Å²) < 4.78 is 19.1. The Balaban J connectivity index is 1.85. The number of aryl methyl sites for hydroxylation is 1. The molecule has 1 fully saturated rings. The lowest BCUT2D eigenvalue weighted by molar-refractivity contribution is 0.151. The fourth-order valence-electron chi connectivity index (χ4n) is 3.77. The molecule has 0 radical (unpaired) electrons. The second-order valence-electron chi connectivity index (χ2n) is 7.16. The first-order valence-corrected chi connectivity index (χ1v) is 9.69. The van der Waals surface area contributed by atoms with Crippen LogP contribution in [0.3, 0.4) is 0 Å². The van der Waals surface area contributed by atoms with Gasteiger partial charge in [-0.05, 0) is 55.1 Å². The molecule has 1 aromatic carbocycles. The van der Waals surface area contributed by atoms with Gasteiger partial charge in [0.2, 0.25) is 5.75 Å². The second-order valence-corrected chi connectivity index (χ2v) is 7.16. The van der Waals surface area contributed by atoms with Crippen molar-refractivity contribution in [3.8, 4) is 28.4 Å². The number of piperidine rings is 1. The highest BCUT2D eigenvalue weighted by atomic mass is 16.5. The van der Waals surface area contributed by atoms with E-state index in [2.05, 4.69) is 10.3 Å². The average molecular weight is 395 g/mol. The van der Waals surface area contributed by atoms with Crippen LogP contribution in [0, 0.1) is 0 Å². The number of pyridine rings is 2. The number of aromatic nitrogens is 2. The molecule has 152 valence electrons. The van der Waals surface area contributed by atoms with Gasteiger partial charge in [0.25, 0.3) is 5.56 Å². The Bertz CT molecular complexity index is 1060. The van der Waals surface area contributed by atoms with Gasteiger partial charge in [0.1, 0.15) is 6.10 Å². The zero-order valence-electron chi connectivity index (χ0n) is 16.9. The third-order valence-electron chi connectivity index (χ3n) is 5.33. The molecule has 3 aromatic rings. The molecule has 3 heterocycles. The number of nitrogens with zero attached hydrogens (tertiary/aromatic N) is 2. The molecule has 0 atom stereocenters. The predicted molar refractivity (Wildman–Crippen MR) is 112 cm³/mol. The van der Waals surface area contributed by atoms with Crippen LogP contribution in [0.5, 0.6) is 17.2 Å². The van der Waals surface area contributed by atoms with Crippen LogP contribution >= 0.6 is 0 Å². The van der Waals surface area contributed by atoms with Crippen molar-refractivity contribution < 1.29 is 14.2 Å². The van der Waals surface area contributed by atoms with Gasteiger partial charge in [0, 0.05) is 31.2 Å². The standard InChI is InChI=1S/C22H25N3O4/c1-25-13-18(16-6-9-24-12-17(16)22(25)26)14-10-19(27-2)21(20(11-14)28-3)29-15-4-7-23-8-5-15/h6,9-13,15,23H,4-5,7-8H2,1-3H3. The van der Waals surface area contributed by atoms with Crippen LogP contribution in [0.2, 0.25) is 0 Å². The number of ether oxygens (including phenoxy) is 3. The third-order valence-corrected chi connectivity index (χ3v) is 5.33. The Morgan fingerprint density at radius 3 is 2.45 bits per heavy atom. The van der Waals surface area contributed by atoms with Crippen molar-refractivity contribution in [2.24, 2.45) is 7.05 Å². The van der Waals surface area contributed by atoms with E-state index in [1.54, 1.807) is 38.2 Å². The lowest BCUT2D eigenvalue weighted by Gasteiger charge is -2.26. The zero-order valence-corrected chi connectivity index (χ0v) is 16.9. The summed E-state index contributed by atoms with van der Waals surface area (Å²) in [6.07, 6.45) is 7.11. The Labute approximate surface area is 169 Å². The maximum atomic E-state index is 12.5. The number of nitrogens with one attached hydrogen (secondary N) is 1. The molecular weight excluding hydrogens is 370 g/mol. The van der Waals surface area contributed by atoms with Gasteiger partial charge in [-0.25, -0.2) is 0 Å². The minimum Gasteiger partial charge on any atom is -0.493 e. The lowest BCUT2D eigenvalue weighted by Crippen LogP contribution is -2.34. The number of hydrogen-bond donors (Lipinski definition) is 1. The maximum absolute atomic E-state index is 12.5. The molecular formula is C22H25N3O4. The maximum Gasteiger partial charge on any atom is 0.259 e. The number of fused-ring (bicyclic) bond motifs is 1. The van der Waals surface area contributed by atoms with Crippen molar-refractivity contribution in [2.45, 2.75) is 18.9 Å². The molecule has 0 aliphatic carbocycles. The Kier molecular flexibility index (Phi) is 5.40. The van der Waals surface area contributed by atoms with Crippen molar-refractivity contribution >= 4 is 10.8 Å². The van der Waals surface area contributed by atoms with Crippen LogP contribution < -0.4 is 25.1 Å². The molecule has 7 nitrogen and oxygen atoms in total. The SMILES string of the molecule is COc1cc(-c2cn(C)c(=O)c3cnccc23)cc(OC)c1OC1CCNCC1. The molecule has 0 unspecified atom stereocenters. The molecule has 0 amide bonds. The molecule has 7 heteroatoms. The van der Waals surface area contributed by atoms with Gasteiger partial charge >= 0.3 is 0 Å². The first-order valence-electron chi connectivity index (χ1n) is 9.69. The van der Waals surface area contributed by atoms with Crippen LogP contribution in [-0.4, -0.2) is 43.0 Å². The van der Waals surface area contributed by atoms with Crippen molar-refractivity contribution in [2.75, 3.05) is 27.3 Å². The number of rotatable bonds is 5. The average Bonchev–Trinajstić information content (AvgIpc) is 2.77. The molecule has 29 heavy (non-hydrogen) atoms. The quantitative estimate of drug-likeness (QED) is 0.716. The minimum absolute atomic E-state index is 0.0818. The highest BCUT2D eigenvalue weighted by Crippen LogP contribution is 2.43. The van der Waals surface area contributed by atoms with Crippen LogP contribution in [-0.2, 0) is 7.05 Å². The number of benzene rings is 1. The van der Waals surface area contributed by atoms with E-state index >= 15 is 0 Å². The fourth-order valence-corrected chi connectivity index (χ4v) is 3.77. The molecule has 1 aliphatic heterocycles. The highest BCUT2D eigenvalue weighted by Gasteiger charge is 2.22. The van der Waals surface area contributed by atoms with Gasteiger partial charge in [-0.2, -0.15) is 0 Å². The predicted octanol–water partition coefficient (Wildman–Crippen LogP) is 2.75. The van der Waals surface area contributed by atoms with Gasteiger partial charge < -0.3 is 24.1 Å². The molecule has 0 spiro atoms. The Hall–Kier alpha value is -3.06. The zero-order chi connectivity index (χ0) is 20.4. The second kappa shape index (κ2) is 8.13. The Morgan fingerprint density at radius 1 is 1.10 bits per heavy atom. The van der Waals surface area contributed by atoms with E-state index in [-0.39, 0.29) is 11.7 Å². The van der Waals surface area contributed by atoms with Crippen molar-refractivity contribution in [3.63, 3.8) is 0 Å². The molecule has 1 N–H and O–H groups in total. The highest BCUT2D eigenvalue weighted by molar-refractivity contribution is 5.96. The summed E-state index contributed by atoms with van der Waals surface area (Å²) in [5.41, 5.74) is 1.69.